The van der Waals surface area contributed by atoms with Gasteiger partial charge in [0.1, 0.15) is 22.3 Å². The number of amides is 1. The molecule has 3 aromatic carbocycles. The number of hydrogen-bond donors (Lipinski definition) is 0. The molecule has 0 aliphatic heterocycles. The number of nitrogens with zero attached hydrogens (tertiary/aromatic N) is 1. The minimum Gasteiger partial charge on any atom is -0.379 e. The highest BCUT2D eigenvalue weighted by molar-refractivity contribution is 7.87. The summed E-state index contributed by atoms with van der Waals surface area (Å²) >= 11 is 0. The van der Waals surface area contributed by atoms with E-state index >= 15 is 0 Å². The van der Waals surface area contributed by atoms with E-state index in [1.807, 2.05) is 0 Å². The molecule has 30 heavy (non-hydrogen) atoms. The normalized spacial score (nSPS) is 11.2. The molecular weight excluding hydrogens is 412 g/mol. The lowest BCUT2D eigenvalue weighted by Gasteiger charge is -2.21. The molecule has 0 aromatic heterocycles. The Morgan fingerprint density at radius 1 is 0.867 bits per heavy atom. The fraction of sp³-hybridized carbons (Fsp3) is 0.136. The average molecular weight is 431 g/mol. The van der Waals surface area contributed by atoms with Gasteiger partial charge in [0.25, 0.3) is 0 Å². The van der Waals surface area contributed by atoms with Gasteiger partial charge in [-0.2, -0.15) is 8.42 Å². The van der Waals surface area contributed by atoms with Gasteiger partial charge in [0.05, 0.1) is 0 Å². The first-order chi connectivity index (χ1) is 14.2. The molecule has 0 atom stereocenters. The van der Waals surface area contributed by atoms with E-state index in [9.17, 15) is 22.0 Å². The quantitative estimate of drug-likeness (QED) is 0.524. The lowest BCUT2D eigenvalue weighted by atomic mass is 10.1. The summed E-state index contributed by atoms with van der Waals surface area (Å²) in [6.45, 7) is 1.90. The number of halogens is 2. The summed E-state index contributed by atoms with van der Waals surface area (Å²) in [5.74, 6) is -1.03. The Labute approximate surface area is 173 Å². The van der Waals surface area contributed by atoms with E-state index in [1.165, 1.54) is 31.2 Å². The third kappa shape index (κ3) is 5.64. The molecule has 3 aromatic rings. The first-order valence-electron chi connectivity index (χ1n) is 9.02. The summed E-state index contributed by atoms with van der Waals surface area (Å²) in [7, 11) is -4.13. The van der Waals surface area contributed by atoms with Gasteiger partial charge in [-0.3, -0.25) is 4.79 Å². The number of benzene rings is 3. The van der Waals surface area contributed by atoms with Crippen LogP contribution in [-0.4, -0.2) is 19.2 Å². The first kappa shape index (κ1) is 21.4. The molecule has 0 fully saturated rings. The maximum atomic E-state index is 13.1. The molecule has 0 bridgehead atoms. The number of carbonyl (C=O) groups excluding carboxylic acids is 1. The highest BCUT2D eigenvalue weighted by Gasteiger charge is 2.17. The van der Waals surface area contributed by atoms with Gasteiger partial charge >= 0.3 is 10.1 Å². The van der Waals surface area contributed by atoms with Crippen LogP contribution in [0.5, 0.6) is 5.75 Å². The van der Waals surface area contributed by atoms with E-state index in [2.05, 4.69) is 0 Å². The summed E-state index contributed by atoms with van der Waals surface area (Å²) in [4.78, 5) is 13.4. The Balaban J connectivity index is 1.75. The molecular formula is C22H19F2NO4S. The third-order valence-corrected chi connectivity index (χ3v) is 5.57. The Morgan fingerprint density at radius 3 is 2.03 bits per heavy atom. The molecule has 0 radical (unpaired) electrons. The second-order valence-corrected chi connectivity index (χ2v) is 8.19. The summed E-state index contributed by atoms with van der Waals surface area (Å²) in [5.41, 5.74) is 1.41. The summed E-state index contributed by atoms with van der Waals surface area (Å²) in [6.07, 6.45) is 0. The van der Waals surface area contributed by atoms with Gasteiger partial charge in [0.2, 0.25) is 5.91 Å². The van der Waals surface area contributed by atoms with Gasteiger partial charge < -0.3 is 9.08 Å². The van der Waals surface area contributed by atoms with E-state index in [-0.39, 0.29) is 35.5 Å². The monoisotopic (exact) mass is 431 g/mol. The van der Waals surface area contributed by atoms with E-state index in [0.717, 1.165) is 29.8 Å². The number of hydrogen-bond acceptors (Lipinski definition) is 4. The van der Waals surface area contributed by atoms with Crippen LogP contribution in [-0.2, 0) is 28.0 Å². The highest BCUT2D eigenvalue weighted by atomic mass is 32.2. The summed E-state index contributed by atoms with van der Waals surface area (Å²) in [5, 5.41) is 0. The molecule has 0 saturated carbocycles. The minimum atomic E-state index is -4.13. The van der Waals surface area contributed by atoms with Crippen molar-refractivity contribution in [2.45, 2.75) is 24.9 Å². The van der Waals surface area contributed by atoms with Crippen molar-refractivity contribution in [2.24, 2.45) is 0 Å². The fourth-order valence-corrected chi connectivity index (χ4v) is 3.70. The van der Waals surface area contributed by atoms with Crippen LogP contribution in [0.4, 0.5) is 8.78 Å². The zero-order valence-corrected chi connectivity index (χ0v) is 16.9. The Hall–Kier alpha value is -3.26. The summed E-state index contributed by atoms with van der Waals surface area (Å²) in [6, 6.07) is 16.5. The van der Waals surface area contributed by atoms with Crippen LogP contribution in [0.1, 0.15) is 18.1 Å². The van der Waals surface area contributed by atoms with Crippen molar-refractivity contribution in [1.82, 2.24) is 4.90 Å². The number of carbonyl (C=O) groups is 1. The molecule has 0 spiro atoms. The first-order valence-corrected chi connectivity index (χ1v) is 10.4. The highest BCUT2D eigenvalue weighted by Crippen LogP contribution is 2.21. The van der Waals surface area contributed by atoms with Crippen molar-refractivity contribution in [2.75, 3.05) is 0 Å². The second-order valence-electron chi connectivity index (χ2n) is 6.64. The van der Waals surface area contributed by atoms with Crippen LogP contribution in [0.25, 0.3) is 0 Å². The topological polar surface area (TPSA) is 63.7 Å². The molecule has 0 aliphatic carbocycles. The van der Waals surface area contributed by atoms with E-state index in [4.69, 9.17) is 4.18 Å². The fourth-order valence-electron chi connectivity index (χ4n) is 2.78. The van der Waals surface area contributed by atoms with Crippen molar-refractivity contribution < 1.29 is 26.2 Å². The van der Waals surface area contributed by atoms with Gasteiger partial charge in [0, 0.05) is 20.0 Å². The lowest BCUT2D eigenvalue weighted by molar-refractivity contribution is -0.130. The molecule has 0 saturated heterocycles. The maximum absolute atomic E-state index is 13.1. The van der Waals surface area contributed by atoms with Crippen molar-refractivity contribution in [1.29, 1.82) is 0 Å². The standard InChI is InChI=1S/C22H19F2NO4S/c1-16(26)25(14-17-5-7-19(23)8-6-17)15-18-3-2-4-21(13-18)29-30(27,28)22-11-9-20(24)10-12-22/h2-13H,14-15H2,1H3. The maximum Gasteiger partial charge on any atom is 0.339 e. The minimum absolute atomic E-state index is 0.0714. The van der Waals surface area contributed by atoms with Gasteiger partial charge in [-0.25, -0.2) is 8.78 Å². The Bertz CT molecular complexity index is 1130. The predicted molar refractivity (Wildman–Crippen MR) is 107 cm³/mol. The van der Waals surface area contributed by atoms with Gasteiger partial charge in [0.15, 0.2) is 0 Å². The molecule has 0 heterocycles. The molecule has 0 N–H and O–H groups in total. The zero-order valence-electron chi connectivity index (χ0n) is 16.1. The van der Waals surface area contributed by atoms with E-state index in [0.29, 0.717) is 5.56 Å². The Morgan fingerprint density at radius 2 is 1.43 bits per heavy atom. The van der Waals surface area contributed by atoms with Gasteiger partial charge in [-0.05, 0) is 59.7 Å². The molecule has 5 nitrogen and oxygen atoms in total. The van der Waals surface area contributed by atoms with E-state index in [1.54, 1.807) is 29.2 Å². The summed E-state index contributed by atoms with van der Waals surface area (Å²) < 4.78 is 56.0. The molecule has 1 amide bonds. The van der Waals surface area contributed by atoms with E-state index < -0.39 is 15.9 Å². The molecule has 156 valence electrons. The largest absolute Gasteiger partial charge is 0.379 e. The molecule has 0 unspecified atom stereocenters. The van der Waals surface area contributed by atoms with Crippen molar-refractivity contribution in [3.8, 4) is 5.75 Å². The second kappa shape index (κ2) is 9.04. The average Bonchev–Trinajstić information content (AvgIpc) is 2.69. The van der Waals surface area contributed by atoms with Crippen LogP contribution >= 0.6 is 0 Å². The number of rotatable bonds is 7. The smallest absolute Gasteiger partial charge is 0.339 e. The van der Waals surface area contributed by atoms with Gasteiger partial charge in [-0.15, -0.1) is 0 Å². The van der Waals surface area contributed by atoms with Gasteiger partial charge in [-0.1, -0.05) is 24.3 Å². The van der Waals surface area contributed by atoms with Crippen LogP contribution in [0.2, 0.25) is 0 Å². The predicted octanol–water partition coefficient (Wildman–Crippen LogP) is 4.28. The van der Waals surface area contributed by atoms with Crippen LogP contribution in [0.15, 0.2) is 77.7 Å². The van der Waals surface area contributed by atoms with Crippen molar-refractivity contribution in [3.05, 3.63) is 95.6 Å². The molecule has 3 rings (SSSR count). The molecule has 0 aliphatic rings. The van der Waals surface area contributed by atoms with Crippen LogP contribution in [0.3, 0.4) is 0 Å². The SMILES string of the molecule is CC(=O)N(Cc1ccc(F)cc1)Cc1cccc(OS(=O)(=O)c2ccc(F)cc2)c1. The lowest BCUT2D eigenvalue weighted by Crippen LogP contribution is -2.27. The zero-order chi connectivity index (χ0) is 21.7. The molecule has 8 heteroatoms. The van der Waals surface area contributed by atoms with Crippen molar-refractivity contribution in [3.63, 3.8) is 0 Å². The Kier molecular flexibility index (Phi) is 6.47. The third-order valence-electron chi connectivity index (χ3n) is 4.31. The van der Waals surface area contributed by atoms with Crippen molar-refractivity contribution >= 4 is 16.0 Å². The van der Waals surface area contributed by atoms with Crippen LogP contribution in [0, 0.1) is 11.6 Å². The van der Waals surface area contributed by atoms with Crippen LogP contribution < -0.4 is 4.18 Å².